The second-order valence-corrected chi connectivity index (χ2v) is 4.95. The summed E-state index contributed by atoms with van der Waals surface area (Å²) in [5.74, 6) is -0.618. The fourth-order valence-corrected chi connectivity index (χ4v) is 2.08. The van der Waals surface area contributed by atoms with Crippen LogP contribution in [0.2, 0.25) is 0 Å². The van der Waals surface area contributed by atoms with Crippen molar-refractivity contribution in [1.82, 2.24) is 0 Å². The van der Waals surface area contributed by atoms with Crippen LogP contribution in [0.5, 0.6) is 5.75 Å². The summed E-state index contributed by atoms with van der Waals surface area (Å²) in [5, 5.41) is 2.77. The number of hydrogen-bond acceptors (Lipinski definition) is 2. The van der Waals surface area contributed by atoms with Gasteiger partial charge in [0.05, 0.1) is 0 Å². The van der Waals surface area contributed by atoms with Crippen molar-refractivity contribution in [3.63, 3.8) is 0 Å². The minimum absolute atomic E-state index is 0.305. The van der Waals surface area contributed by atoms with Crippen LogP contribution in [-0.4, -0.2) is 12.3 Å². The predicted octanol–water partition coefficient (Wildman–Crippen LogP) is 4.80. The molecule has 0 saturated carbocycles. The van der Waals surface area contributed by atoms with E-state index in [0.717, 1.165) is 17.7 Å². The van der Waals surface area contributed by atoms with Gasteiger partial charge in [0, 0.05) is 11.8 Å². The standard InChI is InChI=1S/C18H16F3NO2/c1-2-14-5-3-4-6-16(14)22-17(23)12-9-13-7-10-15(11-8-13)24-18(19,20)21/h3-12H,2H2,1H3,(H,22,23)/b12-9+. The first-order valence-electron chi connectivity index (χ1n) is 7.30. The number of carbonyl (C=O) groups excluding carboxylic acids is 1. The van der Waals surface area contributed by atoms with E-state index in [2.05, 4.69) is 10.1 Å². The van der Waals surface area contributed by atoms with Crippen LogP contribution < -0.4 is 10.1 Å². The maximum atomic E-state index is 12.1. The molecule has 2 rings (SSSR count). The van der Waals surface area contributed by atoms with E-state index in [9.17, 15) is 18.0 Å². The van der Waals surface area contributed by atoms with Gasteiger partial charge in [-0.1, -0.05) is 37.3 Å². The first-order chi connectivity index (χ1) is 11.4. The monoisotopic (exact) mass is 335 g/mol. The number of carbonyl (C=O) groups is 1. The summed E-state index contributed by atoms with van der Waals surface area (Å²) < 4.78 is 40.0. The molecule has 0 bridgehead atoms. The summed E-state index contributed by atoms with van der Waals surface area (Å²) in [6, 6.07) is 12.7. The van der Waals surface area contributed by atoms with Gasteiger partial charge in [0.1, 0.15) is 5.75 Å². The average molecular weight is 335 g/mol. The molecule has 0 aliphatic rings. The molecule has 0 spiro atoms. The van der Waals surface area contributed by atoms with E-state index in [-0.39, 0.29) is 11.7 Å². The highest BCUT2D eigenvalue weighted by Crippen LogP contribution is 2.23. The molecule has 0 aliphatic carbocycles. The fourth-order valence-electron chi connectivity index (χ4n) is 2.08. The Morgan fingerprint density at radius 3 is 2.42 bits per heavy atom. The van der Waals surface area contributed by atoms with E-state index in [4.69, 9.17) is 0 Å². The summed E-state index contributed by atoms with van der Waals surface area (Å²) in [6.07, 6.45) is -1.09. The molecule has 6 heteroatoms. The topological polar surface area (TPSA) is 38.3 Å². The largest absolute Gasteiger partial charge is 0.573 e. The van der Waals surface area contributed by atoms with Crippen LogP contribution >= 0.6 is 0 Å². The Hall–Kier alpha value is -2.76. The minimum Gasteiger partial charge on any atom is -0.406 e. The minimum atomic E-state index is -4.72. The van der Waals surface area contributed by atoms with Crippen molar-refractivity contribution in [2.45, 2.75) is 19.7 Å². The Kier molecular flexibility index (Phi) is 5.63. The average Bonchev–Trinajstić information content (AvgIpc) is 2.53. The van der Waals surface area contributed by atoms with E-state index < -0.39 is 6.36 Å². The molecule has 0 aromatic heterocycles. The Labute approximate surface area is 137 Å². The lowest BCUT2D eigenvalue weighted by molar-refractivity contribution is -0.274. The van der Waals surface area contributed by atoms with E-state index in [1.165, 1.54) is 36.4 Å². The van der Waals surface area contributed by atoms with Crippen LogP contribution in [0, 0.1) is 0 Å². The zero-order valence-electron chi connectivity index (χ0n) is 12.9. The van der Waals surface area contributed by atoms with Crippen molar-refractivity contribution in [3.05, 3.63) is 65.7 Å². The highest BCUT2D eigenvalue weighted by Gasteiger charge is 2.30. The first-order valence-corrected chi connectivity index (χ1v) is 7.30. The quantitative estimate of drug-likeness (QED) is 0.797. The van der Waals surface area contributed by atoms with Gasteiger partial charge in [-0.15, -0.1) is 13.2 Å². The number of nitrogens with one attached hydrogen (secondary N) is 1. The Morgan fingerprint density at radius 2 is 1.79 bits per heavy atom. The number of rotatable bonds is 5. The normalized spacial score (nSPS) is 11.5. The third-order valence-corrected chi connectivity index (χ3v) is 3.20. The number of benzene rings is 2. The summed E-state index contributed by atoms with van der Waals surface area (Å²) in [5.41, 5.74) is 2.35. The first kappa shape index (κ1) is 17.6. The SMILES string of the molecule is CCc1ccccc1NC(=O)/C=C/c1ccc(OC(F)(F)F)cc1. The van der Waals surface area contributed by atoms with Crippen LogP contribution in [0.3, 0.4) is 0 Å². The number of hydrogen-bond donors (Lipinski definition) is 1. The van der Waals surface area contributed by atoms with Crippen molar-refractivity contribution < 1.29 is 22.7 Å². The molecule has 0 heterocycles. The van der Waals surface area contributed by atoms with Crippen LogP contribution in [0.1, 0.15) is 18.1 Å². The maximum Gasteiger partial charge on any atom is 0.573 e. The lowest BCUT2D eigenvalue weighted by Crippen LogP contribution is -2.16. The summed E-state index contributed by atoms with van der Waals surface area (Å²) in [4.78, 5) is 11.9. The lowest BCUT2D eigenvalue weighted by Gasteiger charge is -2.08. The van der Waals surface area contributed by atoms with Gasteiger partial charge in [-0.25, -0.2) is 0 Å². The molecule has 1 N–H and O–H groups in total. The molecule has 0 atom stereocenters. The van der Waals surface area contributed by atoms with E-state index in [0.29, 0.717) is 5.56 Å². The van der Waals surface area contributed by atoms with Crippen LogP contribution in [0.15, 0.2) is 54.6 Å². The summed E-state index contributed by atoms with van der Waals surface area (Å²) in [7, 11) is 0. The molecular weight excluding hydrogens is 319 g/mol. The van der Waals surface area contributed by atoms with Crippen molar-refractivity contribution in [3.8, 4) is 5.75 Å². The highest BCUT2D eigenvalue weighted by atomic mass is 19.4. The van der Waals surface area contributed by atoms with Gasteiger partial charge in [-0.3, -0.25) is 4.79 Å². The predicted molar refractivity (Wildman–Crippen MR) is 86.6 cm³/mol. The third-order valence-electron chi connectivity index (χ3n) is 3.20. The van der Waals surface area contributed by atoms with Crippen LogP contribution in [0.25, 0.3) is 6.08 Å². The molecule has 0 saturated heterocycles. The molecular formula is C18H16F3NO2. The molecule has 2 aromatic rings. The van der Waals surface area contributed by atoms with Crippen molar-refractivity contribution >= 4 is 17.7 Å². The van der Waals surface area contributed by atoms with Gasteiger partial charge in [0.2, 0.25) is 5.91 Å². The second kappa shape index (κ2) is 7.68. The second-order valence-electron chi connectivity index (χ2n) is 4.95. The molecule has 0 radical (unpaired) electrons. The molecule has 126 valence electrons. The van der Waals surface area contributed by atoms with Crippen molar-refractivity contribution in [1.29, 1.82) is 0 Å². The molecule has 1 amide bonds. The van der Waals surface area contributed by atoms with Crippen molar-refractivity contribution in [2.24, 2.45) is 0 Å². The summed E-state index contributed by atoms with van der Waals surface area (Å²) in [6.45, 7) is 1.99. The van der Waals surface area contributed by atoms with E-state index in [1.54, 1.807) is 0 Å². The Balaban J connectivity index is 1.98. The Bertz CT molecular complexity index is 722. The number of amides is 1. The zero-order chi connectivity index (χ0) is 17.6. The molecule has 3 nitrogen and oxygen atoms in total. The number of ether oxygens (including phenoxy) is 1. The van der Waals surface area contributed by atoms with Gasteiger partial charge in [0.25, 0.3) is 0 Å². The number of anilines is 1. The lowest BCUT2D eigenvalue weighted by atomic mass is 10.1. The van der Waals surface area contributed by atoms with Gasteiger partial charge in [-0.05, 0) is 41.8 Å². The fraction of sp³-hybridized carbons (Fsp3) is 0.167. The smallest absolute Gasteiger partial charge is 0.406 e. The molecule has 0 aliphatic heterocycles. The van der Waals surface area contributed by atoms with Gasteiger partial charge in [-0.2, -0.15) is 0 Å². The van der Waals surface area contributed by atoms with Gasteiger partial charge in [0.15, 0.2) is 0 Å². The number of alkyl halides is 3. The van der Waals surface area contributed by atoms with Crippen LogP contribution in [-0.2, 0) is 11.2 Å². The zero-order valence-corrected chi connectivity index (χ0v) is 12.9. The van der Waals surface area contributed by atoms with Crippen molar-refractivity contribution in [2.75, 3.05) is 5.32 Å². The Morgan fingerprint density at radius 1 is 1.12 bits per heavy atom. The highest BCUT2D eigenvalue weighted by molar-refractivity contribution is 6.02. The maximum absolute atomic E-state index is 12.1. The number of aryl methyl sites for hydroxylation is 1. The van der Waals surface area contributed by atoms with E-state index >= 15 is 0 Å². The van der Waals surface area contributed by atoms with Crippen LogP contribution in [0.4, 0.5) is 18.9 Å². The van der Waals surface area contributed by atoms with Gasteiger partial charge >= 0.3 is 6.36 Å². The molecule has 0 unspecified atom stereocenters. The number of halogens is 3. The molecule has 2 aromatic carbocycles. The summed E-state index contributed by atoms with van der Waals surface area (Å²) >= 11 is 0. The van der Waals surface area contributed by atoms with Gasteiger partial charge < -0.3 is 10.1 Å². The van der Waals surface area contributed by atoms with E-state index in [1.807, 2.05) is 31.2 Å². The molecule has 24 heavy (non-hydrogen) atoms. The third kappa shape index (κ3) is 5.46. The molecule has 0 fully saturated rings. The number of para-hydroxylation sites is 1.